The number of benzene rings is 1. The van der Waals surface area contributed by atoms with Crippen molar-refractivity contribution in [2.45, 2.75) is 19.4 Å². The van der Waals surface area contributed by atoms with Crippen molar-refractivity contribution in [3.05, 3.63) is 35.4 Å². The van der Waals surface area contributed by atoms with E-state index in [1.54, 1.807) is 0 Å². The van der Waals surface area contributed by atoms with Gasteiger partial charge in [0.25, 0.3) is 0 Å². The summed E-state index contributed by atoms with van der Waals surface area (Å²) in [5, 5.41) is 8.53. The van der Waals surface area contributed by atoms with Gasteiger partial charge < -0.3 is 16.6 Å². The van der Waals surface area contributed by atoms with Gasteiger partial charge in [0.1, 0.15) is 0 Å². The first kappa shape index (κ1) is 12.0. The Bertz CT molecular complexity index is 381. The van der Waals surface area contributed by atoms with Crippen molar-refractivity contribution in [1.29, 1.82) is 0 Å². The van der Waals surface area contributed by atoms with Crippen molar-refractivity contribution in [3.8, 4) is 0 Å². The van der Waals surface area contributed by atoms with Crippen LogP contribution in [0.3, 0.4) is 0 Å². The first-order chi connectivity index (χ1) is 7.58. The zero-order valence-corrected chi connectivity index (χ0v) is 8.89. The molecule has 0 saturated heterocycles. The third-order valence-corrected chi connectivity index (χ3v) is 2.09. The van der Waals surface area contributed by atoms with Crippen LogP contribution in [0.4, 0.5) is 0 Å². The summed E-state index contributed by atoms with van der Waals surface area (Å²) in [6, 6.07) is 7.56. The smallest absolute Gasteiger partial charge is 0.303 e. The molecule has 0 unspecified atom stereocenters. The number of carboxylic acid groups (broad SMARTS) is 1. The molecule has 1 aromatic rings. The number of rotatable bonds is 5. The van der Waals surface area contributed by atoms with Crippen LogP contribution in [-0.4, -0.2) is 17.0 Å². The maximum absolute atomic E-state index is 10.4. The van der Waals surface area contributed by atoms with E-state index in [1.165, 1.54) is 0 Å². The molecule has 1 aromatic carbocycles. The lowest BCUT2D eigenvalue weighted by molar-refractivity contribution is -0.136. The SMILES string of the molecule is NC(N)=NCc1ccc(CCC(=O)O)cc1. The maximum Gasteiger partial charge on any atom is 0.303 e. The van der Waals surface area contributed by atoms with Gasteiger partial charge in [0.2, 0.25) is 0 Å². The lowest BCUT2D eigenvalue weighted by Crippen LogP contribution is -2.22. The highest BCUT2D eigenvalue weighted by Gasteiger charge is 1.99. The van der Waals surface area contributed by atoms with Crippen molar-refractivity contribution in [1.82, 2.24) is 0 Å². The molecule has 0 aromatic heterocycles. The molecule has 0 aliphatic heterocycles. The van der Waals surface area contributed by atoms with Gasteiger partial charge in [0, 0.05) is 6.42 Å². The summed E-state index contributed by atoms with van der Waals surface area (Å²) in [5.41, 5.74) is 12.4. The molecule has 0 saturated carbocycles. The number of hydrogen-bond donors (Lipinski definition) is 3. The second-order valence-electron chi connectivity index (χ2n) is 3.45. The van der Waals surface area contributed by atoms with E-state index in [0.717, 1.165) is 11.1 Å². The van der Waals surface area contributed by atoms with Gasteiger partial charge in [-0.05, 0) is 17.5 Å². The Hall–Kier alpha value is -2.04. The molecular weight excluding hydrogens is 206 g/mol. The predicted octanol–water partition coefficient (Wildman–Crippen LogP) is 0.477. The van der Waals surface area contributed by atoms with E-state index in [-0.39, 0.29) is 12.4 Å². The van der Waals surface area contributed by atoms with E-state index in [0.29, 0.717) is 13.0 Å². The fraction of sp³-hybridized carbons (Fsp3) is 0.273. The van der Waals surface area contributed by atoms with Crippen molar-refractivity contribution in [2.24, 2.45) is 16.5 Å². The van der Waals surface area contributed by atoms with Crippen LogP contribution < -0.4 is 11.5 Å². The molecule has 0 atom stereocenters. The molecule has 0 fully saturated rings. The maximum atomic E-state index is 10.4. The minimum atomic E-state index is -0.787. The van der Waals surface area contributed by atoms with Crippen molar-refractivity contribution < 1.29 is 9.90 Å². The fourth-order valence-corrected chi connectivity index (χ4v) is 1.25. The number of guanidine groups is 1. The molecular formula is C11H15N3O2. The zero-order chi connectivity index (χ0) is 12.0. The Morgan fingerprint density at radius 2 is 1.75 bits per heavy atom. The minimum absolute atomic E-state index is 0.0648. The van der Waals surface area contributed by atoms with Gasteiger partial charge in [-0.25, -0.2) is 4.99 Å². The largest absolute Gasteiger partial charge is 0.481 e. The fourth-order valence-electron chi connectivity index (χ4n) is 1.25. The van der Waals surface area contributed by atoms with E-state index in [4.69, 9.17) is 16.6 Å². The number of aliphatic carboxylic acids is 1. The minimum Gasteiger partial charge on any atom is -0.481 e. The second-order valence-corrected chi connectivity index (χ2v) is 3.45. The first-order valence-corrected chi connectivity index (χ1v) is 4.93. The average Bonchev–Trinajstić information content (AvgIpc) is 2.25. The molecule has 0 amide bonds. The molecule has 5 heteroatoms. The van der Waals surface area contributed by atoms with Crippen LogP contribution >= 0.6 is 0 Å². The predicted molar refractivity (Wildman–Crippen MR) is 61.9 cm³/mol. The molecule has 5 nitrogen and oxygen atoms in total. The van der Waals surface area contributed by atoms with E-state index in [9.17, 15) is 4.79 Å². The standard InChI is InChI=1S/C11H15N3O2/c12-11(13)14-7-9-3-1-8(2-4-9)5-6-10(15)16/h1-4H,5-7H2,(H,15,16)(H4,12,13,14). The molecule has 1 rings (SSSR count). The monoisotopic (exact) mass is 221 g/mol. The van der Waals surface area contributed by atoms with E-state index in [1.807, 2.05) is 24.3 Å². The summed E-state index contributed by atoms with van der Waals surface area (Å²) < 4.78 is 0. The van der Waals surface area contributed by atoms with Gasteiger partial charge in [-0.2, -0.15) is 0 Å². The third kappa shape index (κ3) is 4.45. The van der Waals surface area contributed by atoms with Crippen LogP contribution in [0.1, 0.15) is 17.5 Å². The van der Waals surface area contributed by atoms with E-state index in [2.05, 4.69) is 4.99 Å². The topological polar surface area (TPSA) is 102 Å². The summed E-state index contributed by atoms with van der Waals surface area (Å²) >= 11 is 0. The van der Waals surface area contributed by atoms with Gasteiger partial charge in [-0.3, -0.25) is 4.79 Å². The number of aryl methyl sites for hydroxylation is 1. The first-order valence-electron chi connectivity index (χ1n) is 4.93. The van der Waals surface area contributed by atoms with Crippen molar-refractivity contribution in [3.63, 3.8) is 0 Å². The number of carboxylic acids is 1. The summed E-state index contributed by atoms with van der Waals surface area (Å²) in [4.78, 5) is 14.2. The lowest BCUT2D eigenvalue weighted by Gasteiger charge is -2.01. The summed E-state index contributed by atoms with van der Waals surface area (Å²) in [7, 11) is 0. The van der Waals surface area contributed by atoms with Gasteiger partial charge in [0.05, 0.1) is 6.54 Å². The van der Waals surface area contributed by atoms with Crippen LogP contribution in [0, 0.1) is 0 Å². The quantitative estimate of drug-likeness (QED) is 0.497. The van der Waals surface area contributed by atoms with Crippen LogP contribution in [0.25, 0.3) is 0 Å². The number of nitrogens with zero attached hydrogens (tertiary/aromatic N) is 1. The number of hydrogen-bond acceptors (Lipinski definition) is 2. The lowest BCUT2D eigenvalue weighted by atomic mass is 10.1. The Labute approximate surface area is 93.8 Å². The molecule has 86 valence electrons. The summed E-state index contributed by atoms with van der Waals surface area (Å²) in [6.45, 7) is 0.446. The molecule has 0 spiro atoms. The molecule has 0 aliphatic carbocycles. The Balaban J connectivity index is 2.54. The van der Waals surface area contributed by atoms with Crippen LogP contribution in [0.2, 0.25) is 0 Å². The Kier molecular flexibility index (Phi) is 4.32. The second kappa shape index (κ2) is 5.75. The van der Waals surface area contributed by atoms with Gasteiger partial charge >= 0.3 is 5.97 Å². The Morgan fingerprint density at radius 3 is 2.25 bits per heavy atom. The van der Waals surface area contributed by atoms with Crippen molar-refractivity contribution in [2.75, 3.05) is 0 Å². The number of nitrogens with two attached hydrogens (primary N) is 2. The highest BCUT2D eigenvalue weighted by molar-refractivity contribution is 5.75. The van der Waals surface area contributed by atoms with Crippen LogP contribution in [-0.2, 0) is 17.8 Å². The van der Waals surface area contributed by atoms with Crippen molar-refractivity contribution >= 4 is 11.9 Å². The normalized spacial score (nSPS) is 9.75. The molecule has 5 N–H and O–H groups in total. The number of aliphatic imine (C=N–C) groups is 1. The summed E-state index contributed by atoms with van der Waals surface area (Å²) in [6.07, 6.45) is 0.686. The molecule has 16 heavy (non-hydrogen) atoms. The molecule has 0 heterocycles. The number of carbonyl (C=O) groups is 1. The van der Waals surface area contributed by atoms with Gasteiger partial charge in [-0.1, -0.05) is 24.3 Å². The molecule has 0 aliphatic rings. The third-order valence-electron chi connectivity index (χ3n) is 2.09. The van der Waals surface area contributed by atoms with E-state index < -0.39 is 5.97 Å². The Morgan fingerprint density at radius 1 is 1.19 bits per heavy atom. The molecule has 0 bridgehead atoms. The van der Waals surface area contributed by atoms with Gasteiger partial charge in [0.15, 0.2) is 5.96 Å². The molecule has 0 radical (unpaired) electrons. The van der Waals surface area contributed by atoms with Crippen LogP contribution in [0.15, 0.2) is 29.3 Å². The zero-order valence-electron chi connectivity index (χ0n) is 8.89. The van der Waals surface area contributed by atoms with E-state index >= 15 is 0 Å². The van der Waals surface area contributed by atoms with Crippen LogP contribution in [0.5, 0.6) is 0 Å². The average molecular weight is 221 g/mol. The summed E-state index contributed by atoms with van der Waals surface area (Å²) in [5.74, 6) is -0.723. The highest BCUT2D eigenvalue weighted by Crippen LogP contribution is 2.07. The highest BCUT2D eigenvalue weighted by atomic mass is 16.4. The van der Waals surface area contributed by atoms with Gasteiger partial charge in [-0.15, -0.1) is 0 Å².